The van der Waals surface area contributed by atoms with Crippen molar-refractivity contribution in [2.45, 2.75) is 46.0 Å². The molecule has 8 nitrogen and oxygen atoms in total. The van der Waals surface area contributed by atoms with Crippen molar-refractivity contribution in [1.82, 2.24) is 9.47 Å². The Morgan fingerprint density at radius 2 is 1.71 bits per heavy atom. The SMILES string of the molecule is COc1ccc(C(=O)N(CCCOC(C)C)CC(=O)c2cc(C(N)=O)c(C)n2Cc2ccccc2C(F)(F)F)cc1. The van der Waals surface area contributed by atoms with Gasteiger partial charge < -0.3 is 24.7 Å². The van der Waals surface area contributed by atoms with Crippen molar-refractivity contribution >= 4 is 17.6 Å². The van der Waals surface area contributed by atoms with Crippen molar-refractivity contribution in [2.24, 2.45) is 5.73 Å². The molecule has 0 radical (unpaired) electrons. The molecule has 0 fully saturated rings. The summed E-state index contributed by atoms with van der Waals surface area (Å²) in [5, 5.41) is 0. The second-order valence-electron chi connectivity index (χ2n) is 9.79. The molecular formula is C30H34F3N3O5. The molecule has 0 saturated carbocycles. The van der Waals surface area contributed by atoms with E-state index >= 15 is 0 Å². The summed E-state index contributed by atoms with van der Waals surface area (Å²) in [7, 11) is 1.50. The molecule has 0 aliphatic carbocycles. The first-order chi connectivity index (χ1) is 19.3. The standard InChI is InChI=1S/C30H34F3N3O5/c1-19(2)41-15-7-14-35(29(39)21-10-12-23(40-4)13-11-21)18-27(37)26-16-24(28(34)38)20(3)36(26)17-22-8-5-6-9-25(22)30(31,32)33/h5-6,8-13,16,19H,7,14-15,17-18H2,1-4H3,(H2,34,38). The maximum atomic E-state index is 13.7. The molecule has 2 aromatic carbocycles. The quantitative estimate of drug-likeness (QED) is 0.226. The molecule has 0 unspecified atom stereocenters. The summed E-state index contributed by atoms with van der Waals surface area (Å²) in [4.78, 5) is 40.6. The minimum absolute atomic E-state index is 0.0104. The number of nitrogens with two attached hydrogens (primary N) is 1. The van der Waals surface area contributed by atoms with E-state index in [-0.39, 0.29) is 48.3 Å². The number of amides is 2. The number of rotatable bonds is 13. The first-order valence-electron chi connectivity index (χ1n) is 13.1. The third-order valence-corrected chi connectivity index (χ3v) is 6.55. The molecule has 0 aliphatic rings. The van der Waals surface area contributed by atoms with E-state index in [9.17, 15) is 27.6 Å². The molecule has 2 N–H and O–H groups in total. The number of nitrogens with zero attached hydrogens (tertiary/aromatic N) is 2. The van der Waals surface area contributed by atoms with E-state index < -0.39 is 29.3 Å². The maximum absolute atomic E-state index is 13.7. The van der Waals surface area contributed by atoms with Gasteiger partial charge in [-0.15, -0.1) is 0 Å². The third-order valence-electron chi connectivity index (χ3n) is 6.55. The summed E-state index contributed by atoms with van der Waals surface area (Å²) < 4.78 is 53.2. The van der Waals surface area contributed by atoms with E-state index in [1.54, 1.807) is 24.3 Å². The molecule has 41 heavy (non-hydrogen) atoms. The lowest BCUT2D eigenvalue weighted by molar-refractivity contribution is -0.138. The second kappa shape index (κ2) is 13.5. The largest absolute Gasteiger partial charge is 0.497 e. The van der Waals surface area contributed by atoms with Gasteiger partial charge in [0.25, 0.3) is 11.8 Å². The molecule has 3 aromatic rings. The lowest BCUT2D eigenvalue weighted by atomic mass is 10.1. The smallest absolute Gasteiger partial charge is 0.416 e. The number of hydrogen-bond donors (Lipinski definition) is 1. The summed E-state index contributed by atoms with van der Waals surface area (Å²) in [5.74, 6) is -1.24. The van der Waals surface area contributed by atoms with Gasteiger partial charge in [-0.3, -0.25) is 14.4 Å². The van der Waals surface area contributed by atoms with E-state index in [1.165, 1.54) is 47.8 Å². The van der Waals surface area contributed by atoms with Crippen molar-refractivity contribution in [2.75, 3.05) is 26.8 Å². The Kier molecular flexibility index (Phi) is 10.3. The number of ether oxygens (including phenoxy) is 2. The molecular weight excluding hydrogens is 539 g/mol. The normalized spacial score (nSPS) is 11.5. The van der Waals surface area contributed by atoms with Gasteiger partial charge in [-0.1, -0.05) is 18.2 Å². The van der Waals surface area contributed by atoms with Crippen LogP contribution in [0, 0.1) is 6.92 Å². The van der Waals surface area contributed by atoms with Crippen LogP contribution >= 0.6 is 0 Å². The number of halogens is 3. The Hall–Kier alpha value is -4.12. The van der Waals surface area contributed by atoms with Crippen LogP contribution in [0.4, 0.5) is 13.2 Å². The van der Waals surface area contributed by atoms with Crippen LogP contribution in [0.1, 0.15) is 68.3 Å². The van der Waals surface area contributed by atoms with Crippen LogP contribution in [0.25, 0.3) is 0 Å². The van der Waals surface area contributed by atoms with Crippen molar-refractivity contribution in [3.05, 3.63) is 88.2 Å². The Labute approximate surface area is 236 Å². The van der Waals surface area contributed by atoms with Gasteiger partial charge in [-0.2, -0.15) is 13.2 Å². The number of hydrogen-bond acceptors (Lipinski definition) is 5. The van der Waals surface area contributed by atoms with Gasteiger partial charge in [-0.05, 0) is 69.2 Å². The number of methoxy groups -OCH3 is 1. The highest BCUT2D eigenvalue weighted by Crippen LogP contribution is 2.33. The van der Waals surface area contributed by atoms with Crippen LogP contribution in [-0.4, -0.2) is 60.0 Å². The van der Waals surface area contributed by atoms with Gasteiger partial charge >= 0.3 is 6.18 Å². The number of primary amides is 1. The van der Waals surface area contributed by atoms with Crippen LogP contribution in [-0.2, 0) is 17.5 Å². The van der Waals surface area contributed by atoms with Gasteiger partial charge in [0.05, 0.1) is 36.6 Å². The fourth-order valence-corrected chi connectivity index (χ4v) is 4.43. The van der Waals surface area contributed by atoms with Crippen molar-refractivity contribution in [3.8, 4) is 5.75 Å². The zero-order valence-corrected chi connectivity index (χ0v) is 23.5. The molecule has 0 aliphatic heterocycles. The molecule has 1 aromatic heterocycles. The van der Waals surface area contributed by atoms with Crippen LogP contribution in [0.5, 0.6) is 5.75 Å². The first kappa shape index (κ1) is 31.4. The van der Waals surface area contributed by atoms with Crippen molar-refractivity contribution in [1.29, 1.82) is 0 Å². The number of carbonyl (C=O) groups excluding carboxylic acids is 3. The molecule has 220 valence electrons. The molecule has 1 heterocycles. The number of Topliss-reactive ketones (excluding diaryl/α,β-unsaturated/α-hetero) is 1. The van der Waals surface area contributed by atoms with E-state index in [1.807, 2.05) is 13.8 Å². The van der Waals surface area contributed by atoms with E-state index in [0.29, 0.717) is 24.3 Å². The molecule has 0 bridgehead atoms. The summed E-state index contributed by atoms with van der Waals surface area (Å²) in [6.07, 6.45) is -4.19. The predicted octanol–water partition coefficient (Wildman–Crippen LogP) is 5.11. The number of aromatic nitrogens is 1. The van der Waals surface area contributed by atoms with Gasteiger partial charge in [0.2, 0.25) is 0 Å². The molecule has 11 heteroatoms. The molecule has 3 rings (SSSR count). The summed E-state index contributed by atoms with van der Waals surface area (Å²) in [5.41, 5.74) is 5.13. The van der Waals surface area contributed by atoms with Crippen molar-refractivity contribution in [3.63, 3.8) is 0 Å². The maximum Gasteiger partial charge on any atom is 0.416 e. The third kappa shape index (κ3) is 7.97. The number of alkyl halides is 3. The number of carbonyl (C=O) groups is 3. The minimum atomic E-state index is -4.62. The topological polar surface area (TPSA) is 104 Å². The molecule has 0 atom stereocenters. The van der Waals surface area contributed by atoms with Crippen LogP contribution in [0.2, 0.25) is 0 Å². The van der Waals surface area contributed by atoms with E-state index in [2.05, 4.69) is 0 Å². The zero-order chi connectivity index (χ0) is 30.3. The zero-order valence-electron chi connectivity index (χ0n) is 23.5. The van der Waals surface area contributed by atoms with E-state index in [0.717, 1.165) is 6.07 Å². The fraction of sp³-hybridized carbons (Fsp3) is 0.367. The van der Waals surface area contributed by atoms with Crippen LogP contribution in [0.3, 0.4) is 0 Å². The van der Waals surface area contributed by atoms with Gasteiger partial charge in [-0.25, -0.2) is 0 Å². The average molecular weight is 574 g/mol. The summed E-state index contributed by atoms with van der Waals surface area (Å²) in [6, 6.07) is 12.7. The van der Waals surface area contributed by atoms with Gasteiger partial charge in [0.1, 0.15) is 5.75 Å². The summed E-state index contributed by atoms with van der Waals surface area (Å²) in [6.45, 7) is 5.10. The van der Waals surface area contributed by atoms with Crippen molar-refractivity contribution < 1.29 is 37.0 Å². The Balaban J connectivity index is 1.97. The van der Waals surface area contributed by atoms with Gasteiger partial charge in [0, 0.05) is 31.0 Å². The highest BCUT2D eigenvalue weighted by Gasteiger charge is 2.33. The molecule has 0 spiro atoms. The highest BCUT2D eigenvalue weighted by molar-refractivity contribution is 6.04. The Morgan fingerprint density at radius 1 is 1.05 bits per heavy atom. The Bertz CT molecular complexity index is 1380. The molecule has 2 amide bonds. The monoisotopic (exact) mass is 573 g/mol. The van der Waals surface area contributed by atoms with E-state index in [4.69, 9.17) is 15.2 Å². The average Bonchev–Trinajstić information content (AvgIpc) is 3.25. The lowest BCUT2D eigenvalue weighted by Crippen LogP contribution is -2.37. The van der Waals surface area contributed by atoms with Gasteiger partial charge in [0.15, 0.2) is 5.78 Å². The van der Waals surface area contributed by atoms with Crippen LogP contribution in [0.15, 0.2) is 54.6 Å². The minimum Gasteiger partial charge on any atom is -0.497 e. The number of benzene rings is 2. The molecule has 0 saturated heterocycles. The number of ketones is 1. The first-order valence-corrected chi connectivity index (χ1v) is 13.1. The highest BCUT2D eigenvalue weighted by atomic mass is 19.4. The Morgan fingerprint density at radius 3 is 2.29 bits per heavy atom. The lowest BCUT2D eigenvalue weighted by Gasteiger charge is -2.23. The second-order valence-corrected chi connectivity index (χ2v) is 9.79. The summed E-state index contributed by atoms with van der Waals surface area (Å²) >= 11 is 0. The van der Waals surface area contributed by atoms with Crippen LogP contribution < -0.4 is 10.5 Å². The predicted molar refractivity (Wildman–Crippen MR) is 147 cm³/mol. The fourth-order valence-electron chi connectivity index (χ4n) is 4.43.